The third-order valence-corrected chi connectivity index (χ3v) is 5.80. The summed E-state index contributed by atoms with van der Waals surface area (Å²) in [6.07, 6.45) is 3.64. The fraction of sp³-hybridized carbons (Fsp3) is 0.682. The van der Waals surface area contributed by atoms with Gasteiger partial charge in [-0.05, 0) is 45.7 Å². The number of likely N-dealkylation sites (tertiary alicyclic amines) is 1. The van der Waals surface area contributed by atoms with Gasteiger partial charge in [-0.3, -0.25) is 4.99 Å². The lowest BCUT2D eigenvalue weighted by Crippen LogP contribution is -2.45. The molecule has 2 fully saturated rings. The molecule has 0 aliphatic carbocycles. The summed E-state index contributed by atoms with van der Waals surface area (Å²) >= 11 is 0. The Morgan fingerprint density at radius 2 is 1.83 bits per heavy atom. The Hall–Kier alpha value is -1.42. The first-order chi connectivity index (χ1) is 14.1. The number of halogens is 1. The smallest absolute Gasteiger partial charge is 0.191 e. The minimum atomic E-state index is 0. The second-order valence-electron chi connectivity index (χ2n) is 8.14. The zero-order chi connectivity index (χ0) is 20.6. The van der Waals surface area contributed by atoms with E-state index in [9.17, 15) is 0 Å². The van der Waals surface area contributed by atoms with Crippen molar-refractivity contribution in [3.05, 3.63) is 18.2 Å². The molecule has 1 aromatic carbocycles. The van der Waals surface area contributed by atoms with Crippen molar-refractivity contribution in [2.24, 2.45) is 10.9 Å². The average molecular weight is 531 g/mol. The van der Waals surface area contributed by atoms with Gasteiger partial charge in [0, 0.05) is 62.7 Å². The molecule has 2 aliphatic rings. The molecule has 2 aliphatic heterocycles. The number of rotatable bonds is 7. The lowest BCUT2D eigenvalue weighted by Gasteiger charge is -2.29. The van der Waals surface area contributed by atoms with Crippen molar-refractivity contribution >= 4 is 35.6 Å². The van der Waals surface area contributed by atoms with Crippen LogP contribution in [0.25, 0.3) is 0 Å². The van der Waals surface area contributed by atoms with Crippen LogP contribution in [0.5, 0.6) is 11.5 Å². The number of nitrogens with zero attached hydrogens (tertiary/aromatic N) is 3. The molecule has 7 nitrogen and oxygen atoms in total. The molecule has 0 saturated carbocycles. The largest absolute Gasteiger partial charge is 0.497 e. The van der Waals surface area contributed by atoms with E-state index in [0.717, 1.165) is 62.3 Å². The Bertz CT molecular complexity index is 665. The van der Waals surface area contributed by atoms with Crippen LogP contribution >= 0.6 is 24.0 Å². The zero-order valence-corrected chi connectivity index (χ0v) is 21.1. The highest BCUT2D eigenvalue weighted by Crippen LogP contribution is 2.30. The second-order valence-corrected chi connectivity index (χ2v) is 8.14. The van der Waals surface area contributed by atoms with Crippen molar-refractivity contribution in [1.82, 2.24) is 15.5 Å². The molecule has 3 rings (SSSR count). The minimum Gasteiger partial charge on any atom is -0.497 e. The SMILES string of the molecule is CCNC(=NCC1CCCN(C)C1)NC1CCN(c2cc(OC)cc(OC)c2)C1.I. The third-order valence-electron chi connectivity index (χ3n) is 5.80. The number of aliphatic imine (C=N–C) groups is 1. The summed E-state index contributed by atoms with van der Waals surface area (Å²) in [5, 5.41) is 7.06. The van der Waals surface area contributed by atoms with Crippen LogP contribution in [-0.2, 0) is 0 Å². The van der Waals surface area contributed by atoms with E-state index in [0.29, 0.717) is 12.0 Å². The molecule has 30 heavy (non-hydrogen) atoms. The van der Waals surface area contributed by atoms with E-state index >= 15 is 0 Å². The normalized spacial score (nSPS) is 22.4. The van der Waals surface area contributed by atoms with Gasteiger partial charge in [-0.15, -0.1) is 24.0 Å². The predicted molar refractivity (Wildman–Crippen MR) is 135 cm³/mol. The van der Waals surface area contributed by atoms with Gasteiger partial charge in [0.1, 0.15) is 11.5 Å². The lowest BCUT2D eigenvalue weighted by molar-refractivity contribution is 0.214. The van der Waals surface area contributed by atoms with Crippen LogP contribution < -0.4 is 25.0 Å². The van der Waals surface area contributed by atoms with E-state index in [1.807, 2.05) is 6.07 Å². The Morgan fingerprint density at radius 1 is 1.10 bits per heavy atom. The maximum absolute atomic E-state index is 5.42. The molecule has 0 aromatic heterocycles. The van der Waals surface area contributed by atoms with E-state index in [1.165, 1.54) is 19.4 Å². The number of hydrogen-bond donors (Lipinski definition) is 2. The van der Waals surface area contributed by atoms with E-state index < -0.39 is 0 Å². The van der Waals surface area contributed by atoms with Crippen LogP contribution in [0.15, 0.2) is 23.2 Å². The highest BCUT2D eigenvalue weighted by atomic mass is 127. The van der Waals surface area contributed by atoms with Crippen LogP contribution in [0.3, 0.4) is 0 Å². The van der Waals surface area contributed by atoms with Crippen molar-refractivity contribution in [3.8, 4) is 11.5 Å². The Morgan fingerprint density at radius 3 is 2.47 bits per heavy atom. The number of nitrogens with one attached hydrogen (secondary N) is 2. The standard InChI is InChI=1S/C22H37N5O2.HI/c1-5-23-22(24-14-17-7-6-9-26(2)15-17)25-18-8-10-27(16-18)19-11-20(28-3)13-21(12-19)29-4;/h11-13,17-18H,5-10,14-16H2,1-4H3,(H2,23,24,25);1H. The summed E-state index contributed by atoms with van der Waals surface area (Å²) in [5.74, 6) is 3.25. The first-order valence-corrected chi connectivity index (χ1v) is 10.8. The maximum atomic E-state index is 5.42. The lowest BCUT2D eigenvalue weighted by atomic mass is 9.99. The van der Waals surface area contributed by atoms with Gasteiger partial charge in [-0.25, -0.2) is 0 Å². The van der Waals surface area contributed by atoms with Crippen molar-refractivity contribution in [3.63, 3.8) is 0 Å². The van der Waals surface area contributed by atoms with Crippen LogP contribution in [0, 0.1) is 5.92 Å². The van der Waals surface area contributed by atoms with Crippen molar-refractivity contribution in [2.45, 2.75) is 32.2 Å². The van der Waals surface area contributed by atoms with E-state index in [1.54, 1.807) is 14.2 Å². The van der Waals surface area contributed by atoms with Gasteiger partial charge >= 0.3 is 0 Å². The number of anilines is 1. The summed E-state index contributed by atoms with van der Waals surface area (Å²) in [6.45, 7) is 8.19. The van der Waals surface area contributed by atoms with Gasteiger partial charge in [0.15, 0.2) is 5.96 Å². The summed E-state index contributed by atoms with van der Waals surface area (Å²) < 4.78 is 10.8. The van der Waals surface area contributed by atoms with Gasteiger partial charge in [-0.1, -0.05) is 0 Å². The van der Waals surface area contributed by atoms with Gasteiger partial charge in [0.25, 0.3) is 0 Å². The second kappa shape index (κ2) is 12.4. The molecule has 0 bridgehead atoms. The monoisotopic (exact) mass is 531 g/mol. The molecule has 0 amide bonds. The zero-order valence-electron chi connectivity index (χ0n) is 18.8. The van der Waals surface area contributed by atoms with Crippen LogP contribution in [0.2, 0.25) is 0 Å². The quantitative estimate of drug-likeness (QED) is 0.321. The molecule has 1 aromatic rings. The summed E-state index contributed by atoms with van der Waals surface area (Å²) in [5.41, 5.74) is 1.14. The molecular weight excluding hydrogens is 493 g/mol. The summed E-state index contributed by atoms with van der Waals surface area (Å²) in [4.78, 5) is 9.69. The Labute approximate surface area is 198 Å². The molecule has 8 heteroatoms. The van der Waals surface area contributed by atoms with Crippen molar-refractivity contribution in [2.75, 3.05) is 65.4 Å². The molecule has 2 N–H and O–H groups in total. The van der Waals surface area contributed by atoms with Crippen LogP contribution in [0.4, 0.5) is 5.69 Å². The number of ether oxygens (including phenoxy) is 2. The van der Waals surface area contributed by atoms with E-state index in [-0.39, 0.29) is 24.0 Å². The van der Waals surface area contributed by atoms with Gasteiger partial charge < -0.3 is 29.9 Å². The summed E-state index contributed by atoms with van der Waals surface area (Å²) in [6, 6.07) is 6.43. The van der Waals surface area contributed by atoms with Crippen LogP contribution in [0.1, 0.15) is 26.2 Å². The number of guanidine groups is 1. The van der Waals surface area contributed by atoms with E-state index in [2.05, 4.69) is 46.5 Å². The van der Waals surface area contributed by atoms with Crippen molar-refractivity contribution in [1.29, 1.82) is 0 Å². The highest BCUT2D eigenvalue weighted by Gasteiger charge is 2.24. The fourth-order valence-electron chi connectivity index (χ4n) is 4.24. The third kappa shape index (κ3) is 7.08. The van der Waals surface area contributed by atoms with Gasteiger partial charge in [0.05, 0.1) is 14.2 Å². The molecule has 2 atom stereocenters. The summed E-state index contributed by atoms with van der Waals surface area (Å²) in [7, 11) is 5.59. The van der Waals surface area contributed by atoms with Gasteiger partial charge in [-0.2, -0.15) is 0 Å². The highest BCUT2D eigenvalue weighted by molar-refractivity contribution is 14.0. The molecular formula is C22H38IN5O2. The molecule has 2 heterocycles. The Balaban J connectivity index is 0.00000320. The van der Waals surface area contributed by atoms with E-state index in [4.69, 9.17) is 14.5 Å². The number of hydrogen-bond acceptors (Lipinski definition) is 5. The predicted octanol–water partition coefficient (Wildman–Crippen LogP) is 2.80. The number of methoxy groups -OCH3 is 2. The molecule has 0 radical (unpaired) electrons. The fourth-order valence-corrected chi connectivity index (χ4v) is 4.24. The minimum absolute atomic E-state index is 0. The number of benzene rings is 1. The molecule has 170 valence electrons. The maximum Gasteiger partial charge on any atom is 0.191 e. The molecule has 2 saturated heterocycles. The first kappa shape index (κ1) is 24.8. The van der Waals surface area contributed by atoms with Gasteiger partial charge in [0.2, 0.25) is 0 Å². The topological polar surface area (TPSA) is 61.4 Å². The molecule has 2 unspecified atom stereocenters. The van der Waals surface area contributed by atoms with Crippen LogP contribution in [-0.4, -0.2) is 77.4 Å². The first-order valence-electron chi connectivity index (χ1n) is 10.8. The average Bonchev–Trinajstić information content (AvgIpc) is 3.20. The molecule has 0 spiro atoms. The number of piperidine rings is 1. The van der Waals surface area contributed by atoms with Crippen molar-refractivity contribution < 1.29 is 9.47 Å². The Kier molecular flexibility index (Phi) is 10.3.